The molecule has 1 aromatic heterocycles. The molecule has 1 saturated heterocycles. The van der Waals surface area contributed by atoms with Gasteiger partial charge in [-0.2, -0.15) is 13.2 Å². The van der Waals surface area contributed by atoms with Gasteiger partial charge < -0.3 is 20.1 Å². The van der Waals surface area contributed by atoms with Crippen LogP contribution < -0.4 is 15.4 Å². The molecule has 2 N–H and O–H groups in total. The molecular formula is C21H34F3N5O2. The van der Waals surface area contributed by atoms with Crippen molar-refractivity contribution in [3.8, 4) is 5.88 Å². The summed E-state index contributed by atoms with van der Waals surface area (Å²) in [6.45, 7) is 7.71. The van der Waals surface area contributed by atoms with Crippen molar-refractivity contribution in [2.24, 2.45) is 10.9 Å². The van der Waals surface area contributed by atoms with Gasteiger partial charge in [0.1, 0.15) is 0 Å². The standard InChI is InChI=1S/C21H34F3N5O2/c1-4-17(5-2)18(29-8-10-30-11-9-29)14-28-20(25-3)27-13-16-6-7-19(26-12-16)31-15-21(22,23)24/h6-7,12,17-18H,4-5,8-11,13-15H2,1-3H3,(H2,25,27,28). The Morgan fingerprint density at radius 1 is 1.23 bits per heavy atom. The van der Waals surface area contributed by atoms with Gasteiger partial charge in [0.25, 0.3) is 0 Å². The second-order valence-electron chi connectivity index (χ2n) is 7.51. The zero-order valence-electron chi connectivity index (χ0n) is 18.5. The number of pyridine rings is 1. The summed E-state index contributed by atoms with van der Waals surface area (Å²) >= 11 is 0. The Hall–Kier alpha value is -2.07. The highest BCUT2D eigenvalue weighted by Crippen LogP contribution is 2.20. The van der Waals surface area contributed by atoms with Crippen molar-refractivity contribution in [2.75, 3.05) is 46.5 Å². The molecule has 1 aliphatic rings. The number of halogens is 3. The van der Waals surface area contributed by atoms with E-state index in [4.69, 9.17) is 4.74 Å². The molecule has 0 bridgehead atoms. The van der Waals surface area contributed by atoms with Gasteiger partial charge in [-0.25, -0.2) is 4.98 Å². The molecule has 1 fully saturated rings. The molecule has 7 nitrogen and oxygen atoms in total. The van der Waals surface area contributed by atoms with E-state index >= 15 is 0 Å². The number of morpholine rings is 1. The van der Waals surface area contributed by atoms with Crippen molar-refractivity contribution < 1.29 is 22.6 Å². The molecule has 0 aromatic carbocycles. The average Bonchev–Trinajstić information content (AvgIpc) is 2.78. The number of aromatic nitrogens is 1. The highest BCUT2D eigenvalue weighted by Gasteiger charge is 2.29. The van der Waals surface area contributed by atoms with Crippen LogP contribution in [-0.4, -0.2) is 74.6 Å². The largest absolute Gasteiger partial charge is 0.468 e. The average molecular weight is 446 g/mol. The van der Waals surface area contributed by atoms with Crippen LogP contribution in [0, 0.1) is 5.92 Å². The number of alkyl halides is 3. The number of hydrogen-bond donors (Lipinski definition) is 2. The summed E-state index contributed by atoms with van der Waals surface area (Å²) in [6, 6.07) is 3.50. The summed E-state index contributed by atoms with van der Waals surface area (Å²) < 4.78 is 46.8. The summed E-state index contributed by atoms with van der Waals surface area (Å²) in [7, 11) is 1.71. The van der Waals surface area contributed by atoms with E-state index in [0.29, 0.717) is 24.5 Å². The summed E-state index contributed by atoms with van der Waals surface area (Å²) in [6.07, 6.45) is -0.665. The number of guanidine groups is 1. The Kier molecular flexibility index (Phi) is 10.3. The van der Waals surface area contributed by atoms with Crippen LogP contribution in [0.2, 0.25) is 0 Å². The summed E-state index contributed by atoms with van der Waals surface area (Å²) in [5, 5.41) is 6.65. The fourth-order valence-corrected chi connectivity index (χ4v) is 3.70. The third-order valence-corrected chi connectivity index (χ3v) is 5.45. The van der Waals surface area contributed by atoms with Crippen LogP contribution in [0.1, 0.15) is 32.3 Å². The Bertz CT molecular complexity index is 660. The predicted molar refractivity (Wildman–Crippen MR) is 114 cm³/mol. The normalized spacial score (nSPS) is 16.9. The SMILES string of the molecule is CCC(CC)C(CNC(=NC)NCc1ccc(OCC(F)(F)F)nc1)N1CCOCC1. The molecule has 10 heteroatoms. The van der Waals surface area contributed by atoms with Crippen LogP contribution >= 0.6 is 0 Å². The van der Waals surface area contributed by atoms with Gasteiger partial charge in [-0.15, -0.1) is 0 Å². The monoisotopic (exact) mass is 445 g/mol. The predicted octanol–water partition coefficient (Wildman–Crippen LogP) is 2.82. The van der Waals surface area contributed by atoms with Crippen molar-refractivity contribution >= 4 is 5.96 Å². The number of nitrogens with one attached hydrogen (secondary N) is 2. The summed E-state index contributed by atoms with van der Waals surface area (Å²) in [4.78, 5) is 10.7. The molecule has 1 aromatic rings. The fraction of sp³-hybridized carbons (Fsp3) is 0.714. The Morgan fingerprint density at radius 2 is 1.94 bits per heavy atom. The van der Waals surface area contributed by atoms with E-state index < -0.39 is 12.8 Å². The summed E-state index contributed by atoms with van der Waals surface area (Å²) in [5.41, 5.74) is 0.812. The van der Waals surface area contributed by atoms with Crippen molar-refractivity contribution in [1.82, 2.24) is 20.5 Å². The van der Waals surface area contributed by atoms with Crippen molar-refractivity contribution in [3.63, 3.8) is 0 Å². The first-order valence-corrected chi connectivity index (χ1v) is 10.8. The second kappa shape index (κ2) is 12.7. The highest BCUT2D eigenvalue weighted by molar-refractivity contribution is 5.79. The van der Waals surface area contributed by atoms with Crippen LogP contribution in [0.15, 0.2) is 23.3 Å². The molecule has 176 valence electrons. The maximum Gasteiger partial charge on any atom is 0.422 e. The number of nitrogens with zero attached hydrogens (tertiary/aromatic N) is 3. The van der Waals surface area contributed by atoms with Gasteiger partial charge in [0, 0.05) is 51.5 Å². The van der Waals surface area contributed by atoms with Gasteiger partial charge >= 0.3 is 6.18 Å². The van der Waals surface area contributed by atoms with Crippen molar-refractivity contribution in [2.45, 2.75) is 45.5 Å². The topological polar surface area (TPSA) is 71.0 Å². The lowest BCUT2D eigenvalue weighted by atomic mass is 9.92. The minimum absolute atomic E-state index is 0.0536. The van der Waals surface area contributed by atoms with Gasteiger partial charge in [0.2, 0.25) is 5.88 Å². The maximum atomic E-state index is 12.2. The first-order chi connectivity index (χ1) is 14.9. The number of rotatable bonds is 10. The number of aliphatic imine (C=N–C) groups is 1. The van der Waals surface area contributed by atoms with E-state index in [0.717, 1.165) is 51.3 Å². The Labute approximate surface area is 182 Å². The lowest BCUT2D eigenvalue weighted by Gasteiger charge is -2.39. The van der Waals surface area contributed by atoms with Crippen LogP contribution in [0.25, 0.3) is 0 Å². The second-order valence-corrected chi connectivity index (χ2v) is 7.51. The maximum absolute atomic E-state index is 12.2. The summed E-state index contributed by atoms with van der Waals surface area (Å²) in [5.74, 6) is 1.20. The van der Waals surface area contributed by atoms with Crippen molar-refractivity contribution in [1.29, 1.82) is 0 Å². The lowest BCUT2D eigenvalue weighted by Crippen LogP contribution is -2.53. The quantitative estimate of drug-likeness (QED) is 0.426. The van der Waals surface area contributed by atoms with E-state index in [1.54, 1.807) is 13.1 Å². The minimum atomic E-state index is -4.38. The molecule has 31 heavy (non-hydrogen) atoms. The highest BCUT2D eigenvalue weighted by atomic mass is 19.4. The van der Waals surface area contributed by atoms with E-state index in [-0.39, 0.29) is 5.88 Å². The van der Waals surface area contributed by atoms with Crippen LogP contribution in [0.4, 0.5) is 13.2 Å². The van der Waals surface area contributed by atoms with Gasteiger partial charge in [-0.3, -0.25) is 9.89 Å². The van der Waals surface area contributed by atoms with Crippen molar-refractivity contribution in [3.05, 3.63) is 23.9 Å². The molecular weight excluding hydrogens is 411 g/mol. The van der Waals surface area contributed by atoms with Gasteiger partial charge in [-0.1, -0.05) is 32.8 Å². The molecule has 2 rings (SSSR count). The third-order valence-electron chi connectivity index (χ3n) is 5.45. The van der Waals surface area contributed by atoms with Gasteiger partial charge in [-0.05, 0) is 11.5 Å². The van der Waals surface area contributed by atoms with Crippen LogP contribution in [0.3, 0.4) is 0 Å². The third kappa shape index (κ3) is 8.90. The molecule has 1 aliphatic heterocycles. The first-order valence-electron chi connectivity index (χ1n) is 10.8. The number of hydrogen-bond acceptors (Lipinski definition) is 5. The zero-order chi connectivity index (χ0) is 22.7. The molecule has 0 amide bonds. The van der Waals surface area contributed by atoms with E-state index in [2.05, 4.69) is 44.1 Å². The molecule has 1 unspecified atom stereocenters. The molecule has 0 spiro atoms. The van der Waals surface area contributed by atoms with E-state index in [1.165, 1.54) is 12.3 Å². The van der Waals surface area contributed by atoms with Gasteiger partial charge in [0.05, 0.1) is 13.2 Å². The Morgan fingerprint density at radius 3 is 2.48 bits per heavy atom. The lowest BCUT2D eigenvalue weighted by molar-refractivity contribution is -0.154. The number of ether oxygens (including phenoxy) is 2. The van der Waals surface area contributed by atoms with E-state index in [9.17, 15) is 13.2 Å². The fourth-order valence-electron chi connectivity index (χ4n) is 3.70. The molecule has 0 saturated carbocycles. The van der Waals surface area contributed by atoms with Crippen LogP contribution in [-0.2, 0) is 11.3 Å². The molecule has 2 heterocycles. The molecule has 0 radical (unpaired) electrons. The molecule has 0 aliphatic carbocycles. The Balaban J connectivity index is 1.86. The molecule has 1 atom stereocenters. The van der Waals surface area contributed by atoms with Gasteiger partial charge in [0.15, 0.2) is 12.6 Å². The minimum Gasteiger partial charge on any atom is -0.468 e. The zero-order valence-corrected chi connectivity index (χ0v) is 18.5. The smallest absolute Gasteiger partial charge is 0.422 e. The first kappa shape index (κ1) is 25.2. The van der Waals surface area contributed by atoms with Crippen LogP contribution in [0.5, 0.6) is 5.88 Å². The van der Waals surface area contributed by atoms with E-state index in [1.807, 2.05) is 0 Å².